The lowest BCUT2D eigenvalue weighted by Gasteiger charge is -2.11. The molecule has 0 saturated carbocycles. The Balaban J connectivity index is 0.00000261. The molecule has 1 N–H and O–H groups in total. The van der Waals surface area contributed by atoms with Gasteiger partial charge in [0.05, 0.1) is 10.8 Å². The fourth-order valence-electron chi connectivity index (χ4n) is 2.55. The topological polar surface area (TPSA) is 39.1 Å². The molecule has 0 amide bonds. The highest BCUT2D eigenvalue weighted by molar-refractivity contribution is 9.10. The fraction of sp³-hybridized carbons (Fsp3) is 0.250. The standard InChI is InChI=1S/C20H21BrClN3O.ClH/c21-19-12-17(13-23-8-1-10-25-11-9-24-15-25)4-7-20(19)26-14-16-2-5-18(22)6-3-16;/h2-7,9,11-12,15,23H,1,8,10,13-14H2;1H. The van der Waals surface area contributed by atoms with Gasteiger partial charge in [0.25, 0.3) is 0 Å². The van der Waals surface area contributed by atoms with Gasteiger partial charge in [-0.15, -0.1) is 12.4 Å². The second kappa shape index (κ2) is 11.3. The van der Waals surface area contributed by atoms with Crippen LogP contribution in [0.5, 0.6) is 5.75 Å². The smallest absolute Gasteiger partial charge is 0.134 e. The van der Waals surface area contributed by atoms with Gasteiger partial charge in [0.2, 0.25) is 0 Å². The number of ether oxygens (including phenoxy) is 1. The van der Waals surface area contributed by atoms with Gasteiger partial charge in [-0.25, -0.2) is 4.98 Å². The van der Waals surface area contributed by atoms with Crippen LogP contribution in [0.1, 0.15) is 17.5 Å². The van der Waals surface area contributed by atoms with Crippen molar-refractivity contribution >= 4 is 39.9 Å². The molecule has 0 bridgehead atoms. The van der Waals surface area contributed by atoms with Crippen LogP contribution in [-0.4, -0.2) is 16.1 Å². The Morgan fingerprint density at radius 3 is 2.59 bits per heavy atom. The number of hydrogen-bond acceptors (Lipinski definition) is 3. The van der Waals surface area contributed by atoms with Gasteiger partial charge in [0.1, 0.15) is 12.4 Å². The third kappa shape index (κ3) is 7.18. The highest BCUT2D eigenvalue weighted by Crippen LogP contribution is 2.27. The van der Waals surface area contributed by atoms with E-state index in [1.54, 1.807) is 0 Å². The maximum absolute atomic E-state index is 5.90. The zero-order valence-electron chi connectivity index (χ0n) is 14.8. The zero-order valence-corrected chi connectivity index (χ0v) is 17.9. The lowest BCUT2D eigenvalue weighted by molar-refractivity contribution is 0.304. The molecule has 3 aromatic rings. The van der Waals surface area contributed by atoms with E-state index in [-0.39, 0.29) is 12.4 Å². The number of aryl methyl sites for hydroxylation is 1. The average Bonchev–Trinajstić information content (AvgIpc) is 3.15. The second-order valence-corrected chi connectivity index (χ2v) is 7.30. The van der Waals surface area contributed by atoms with Crippen LogP contribution < -0.4 is 10.1 Å². The Hall–Kier alpha value is -1.53. The third-order valence-corrected chi connectivity index (χ3v) is 4.83. The van der Waals surface area contributed by atoms with Crippen molar-refractivity contribution in [2.75, 3.05) is 6.54 Å². The van der Waals surface area contributed by atoms with Crippen molar-refractivity contribution in [2.24, 2.45) is 0 Å². The lowest BCUT2D eigenvalue weighted by atomic mass is 10.2. The van der Waals surface area contributed by atoms with Crippen molar-refractivity contribution in [1.82, 2.24) is 14.9 Å². The quantitative estimate of drug-likeness (QED) is 0.421. The Bertz CT molecular complexity index is 811. The Kier molecular flexibility index (Phi) is 9.15. The summed E-state index contributed by atoms with van der Waals surface area (Å²) < 4.78 is 8.93. The van der Waals surface area contributed by atoms with E-state index in [0.29, 0.717) is 6.61 Å². The summed E-state index contributed by atoms with van der Waals surface area (Å²) in [5, 5.41) is 4.20. The highest BCUT2D eigenvalue weighted by atomic mass is 79.9. The minimum Gasteiger partial charge on any atom is -0.488 e. The van der Waals surface area contributed by atoms with E-state index < -0.39 is 0 Å². The van der Waals surface area contributed by atoms with Gasteiger partial charge in [-0.3, -0.25) is 0 Å². The SMILES string of the molecule is Cl.Clc1ccc(COc2ccc(CNCCCn3ccnc3)cc2Br)cc1. The minimum absolute atomic E-state index is 0. The number of hydrogen-bond donors (Lipinski definition) is 1. The van der Waals surface area contributed by atoms with Crippen LogP contribution in [0, 0.1) is 0 Å². The fourth-order valence-corrected chi connectivity index (χ4v) is 3.22. The molecule has 7 heteroatoms. The molecule has 0 aliphatic carbocycles. The summed E-state index contributed by atoms with van der Waals surface area (Å²) in [4.78, 5) is 4.04. The van der Waals surface area contributed by atoms with Crippen molar-refractivity contribution < 1.29 is 4.74 Å². The molecule has 1 heterocycles. The first-order chi connectivity index (χ1) is 12.7. The summed E-state index contributed by atoms with van der Waals surface area (Å²) in [6.45, 7) is 3.29. The van der Waals surface area contributed by atoms with Crippen LogP contribution in [-0.2, 0) is 19.7 Å². The molecule has 144 valence electrons. The summed E-state index contributed by atoms with van der Waals surface area (Å²) in [5.74, 6) is 0.837. The van der Waals surface area contributed by atoms with Crippen molar-refractivity contribution in [1.29, 1.82) is 0 Å². The first-order valence-electron chi connectivity index (χ1n) is 8.53. The van der Waals surface area contributed by atoms with Gasteiger partial charge in [-0.1, -0.05) is 29.8 Å². The van der Waals surface area contributed by atoms with E-state index in [2.05, 4.69) is 42.9 Å². The van der Waals surface area contributed by atoms with Crippen LogP contribution in [0.3, 0.4) is 0 Å². The number of aromatic nitrogens is 2. The van der Waals surface area contributed by atoms with E-state index in [0.717, 1.165) is 46.9 Å². The summed E-state index contributed by atoms with van der Waals surface area (Å²) >= 11 is 9.50. The van der Waals surface area contributed by atoms with Gasteiger partial charge in [-0.05, 0) is 64.3 Å². The Labute approximate surface area is 179 Å². The highest BCUT2D eigenvalue weighted by Gasteiger charge is 2.04. The first-order valence-corrected chi connectivity index (χ1v) is 9.70. The summed E-state index contributed by atoms with van der Waals surface area (Å²) in [7, 11) is 0. The summed E-state index contributed by atoms with van der Waals surface area (Å²) in [5.41, 5.74) is 2.31. The number of benzene rings is 2. The van der Waals surface area contributed by atoms with Crippen LogP contribution in [0.4, 0.5) is 0 Å². The molecule has 0 radical (unpaired) electrons. The number of nitrogens with one attached hydrogen (secondary N) is 1. The molecule has 0 saturated heterocycles. The predicted octanol–water partition coefficient (Wildman–Crippen LogP) is 5.48. The molecular weight excluding hydrogens is 449 g/mol. The van der Waals surface area contributed by atoms with E-state index in [4.69, 9.17) is 16.3 Å². The third-order valence-electron chi connectivity index (χ3n) is 3.96. The van der Waals surface area contributed by atoms with E-state index in [1.165, 1.54) is 5.56 Å². The number of nitrogens with zero attached hydrogens (tertiary/aromatic N) is 2. The Morgan fingerprint density at radius 1 is 1.11 bits per heavy atom. The van der Waals surface area contributed by atoms with Gasteiger partial charge in [0, 0.05) is 30.5 Å². The van der Waals surface area contributed by atoms with Crippen molar-refractivity contribution in [3.05, 3.63) is 81.8 Å². The van der Waals surface area contributed by atoms with E-state index in [9.17, 15) is 0 Å². The van der Waals surface area contributed by atoms with Crippen LogP contribution in [0.2, 0.25) is 5.02 Å². The molecular formula is C20H22BrCl2N3O. The predicted molar refractivity (Wildman–Crippen MR) is 116 cm³/mol. The monoisotopic (exact) mass is 469 g/mol. The minimum atomic E-state index is 0. The molecule has 3 rings (SSSR count). The first kappa shape index (κ1) is 21.8. The van der Waals surface area contributed by atoms with E-state index in [1.807, 2.05) is 49.1 Å². The van der Waals surface area contributed by atoms with Crippen LogP contribution in [0.25, 0.3) is 0 Å². The molecule has 1 aromatic heterocycles. The molecule has 2 aromatic carbocycles. The maximum Gasteiger partial charge on any atom is 0.134 e. The normalized spacial score (nSPS) is 10.4. The second-order valence-electron chi connectivity index (χ2n) is 6.01. The molecule has 27 heavy (non-hydrogen) atoms. The lowest BCUT2D eigenvalue weighted by Crippen LogP contribution is -2.16. The van der Waals surface area contributed by atoms with Crippen LogP contribution >= 0.6 is 39.9 Å². The largest absolute Gasteiger partial charge is 0.488 e. The number of halogens is 3. The zero-order chi connectivity index (χ0) is 18.2. The molecule has 0 fully saturated rings. The summed E-state index contributed by atoms with van der Waals surface area (Å²) in [6, 6.07) is 13.9. The van der Waals surface area contributed by atoms with E-state index >= 15 is 0 Å². The molecule has 0 aliphatic rings. The van der Waals surface area contributed by atoms with Crippen molar-refractivity contribution in [3.8, 4) is 5.75 Å². The molecule has 0 aliphatic heterocycles. The van der Waals surface area contributed by atoms with Gasteiger partial charge in [-0.2, -0.15) is 0 Å². The molecule has 4 nitrogen and oxygen atoms in total. The molecule has 0 spiro atoms. The Morgan fingerprint density at radius 2 is 1.89 bits per heavy atom. The average molecular weight is 471 g/mol. The number of imidazole rings is 1. The van der Waals surface area contributed by atoms with Gasteiger partial charge >= 0.3 is 0 Å². The molecule has 0 atom stereocenters. The number of rotatable bonds is 9. The molecule has 0 unspecified atom stereocenters. The van der Waals surface area contributed by atoms with Gasteiger partial charge in [0.15, 0.2) is 0 Å². The summed E-state index contributed by atoms with van der Waals surface area (Å²) in [6.07, 6.45) is 6.71. The van der Waals surface area contributed by atoms with Crippen LogP contribution in [0.15, 0.2) is 65.7 Å². The van der Waals surface area contributed by atoms with Gasteiger partial charge < -0.3 is 14.6 Å². The maximum atomic E-state index is 5.90. The van der Waals surface area contributed by atoms with Crippen molar-refractivity contribution in [3.63, 3.8) is 0 Å². The van der Waals surface area contributed by atoms with Crippen molar-refractivity contribution in [2.45, 2.75) is 26.1 Å².